The molecule has 0 radical (unpaired) electrons. The van der Waals surface area contributed by atoms with Crippen LogP contribution in [-0.4, -0.2) is 58.5 Å². The van der Waals surface area contributed by atoms with E-state index in [0.717, 1.165) is 16.4 Å². The van der Waals surface area contributed by atoms with Crippen LogP contribution in [0, 0.1) is 5.82 Å². The summed E-state index contributed by atoms with van der Waals surface area (Å²) in [6.07, 6.45) is 0.238. The average Bonchev–Trinajstić information content (AvgIpc) is 2.97. The first-order valence-electron chi connectivity index (χ1n) is 13.0. The van der Waals surface area contributed by atoms with Crippen molar-refractivity contribution >= 4 is 50.7 Å². The highest BCUT2D eigenvalue weighted by molar-refractivity contribution is 7.92. The highest BCUT2D eigenvalue weighted by Crippen LogP contribution is 2.33. The van der Waals surface area contributed by atoms with Gasteiger partial charge in [0.25, 0.3) is 10.0 Å². The standard InChI is InChI=1S/C29H32Cl2FN3O6S/c1-5-25(29(37)33-6-2)34(17-19-7-8-20(30)15-24(19)31)28(36)18-35(22-11-9-21(32)10-12-22)42(38,39)23-13-14-26(40-3)27(16-23)41-4/h7-16,25H,5-6,17-18H2,1-4H3,(H,33,37). The van der Waals surface area contributed by atoms with Gasteiger partial charge in [0.2, 0.25) is 11.8 Å². The monoisotopic (exact) mass is 639 g/mol. The van der Waals surface area contributed by atoms with Crippen molar-refractivity contribution in [3.8, 4) is 11.5 Å². The maximum Gasteiger partial charge on any atom is 0.264 e. The van der Waals surface area contributed by atoms with Gasteiger partial charge in [-0.15, -0.1) is 0 Å². The molecule has 0 saturated carbocycles. The second-order valence-electron chi connectivity index (χ2n) is 9.08. The molecule has 3 rings (SSSR count). The maximum absolute atomic E-state index is 14.0. The summed E-state index contributed by atoms with van der Waals surface area (Å²) in [5, 5.41) is 3.39. The van der Waals surface area contributed by atoms with Gasteiger partial charge in [-0.1, -0.05) is 36.2 Å². The molecular weight excluding hydrogens is 608 g/mol. The number of ether oxygens (including phenoxy) is 2. The number of rotatable bonds is 13. The number of likely N-dealkylation sites (N-methyl/N-ethyl adjacent to an activating group) is 1. The molecule has 0 saturated heterocycles. The number of benzene rings is 3. The molecule has 0 bridgehead atoms. The Morgan fingerprint density at radius 3 is 2.19 bits per heavy atom. The Balaban J connectivity index is 2.11. The van der Waals surface area contributed by atoms with Crippen molar-refractivity contribution in [2.75, 3.05) is 31.6 Å². The van der Waals surface area contributed by atoms with Crippen LogP contribution in [0.15, 0.2) is 65.6 Å². The predicted octanol–water partition coefficient (Wildman–Crippen LogP) is 5.29. The second kappa shape index (κ2) is 14.6. The van der Waals surface area contributed by atoms with Crippen molar-refractivity contribution in [3.63, 3.8) is 0 Å². The molecule has 3 aromatic rings. The molecule has 9 nitrogen and oxygen atoms in total. The van der Waals surface area contributed by atoms with E-state index in [1.165, 1.54) is 55.5 Å². The van der Waals surface area contributed by atoms with Crippen molar-refractivity contribution in [1.82, 2.24) is 10.2 Å². The van der Waals surface area contributed by atoms with E-state index in [2.05, 4.69) is 5.32 Å². The number of carbonyl (C=O) groups is 2. The van der Waals surface area contributed by atoms with Crippen molar-refractivity contribution in [3.05, 3.63) is 82.1 Å². The highest BCUT2D eigenvalue weighted by atomic mass is 35.5. The van der Waals surface area contributed by atoms with E-state index < -0.39 is 40.2 Å². The van der Waals surface area contributed by atoms with Crippen LogP contribution < -0.4 is 19.1 Å². The van der Waals surface area contributed by atoms with Crippen LogP contribution in [0.4, 0.5) is 10.1 Å². The molecule has 2 amide bonds. The molecule has 0 aliphatic carbocycles. The van der Waals surface area contributed by atoms with E-state index in [4.69, 9.17) is 32.7 Å². The molecule has 0 aliphatic heterocycles. The van der Waals surface area contributed by atoms with Gasteiger partial charge in [-0.2, -0.15) is 0 Å². The Morgan fingerprint density at radius 2 is 1.62 bits per heavy atom. The summed E-state index contributed by atoms with van der Waals surface area (Å²) in [6.45, 7) is 3.01. The molecule has 3 aromatic carbocycles. The number of hydrogen-bond acceptors (Lipinski definition) is 6. The number of halogens is 3. The Labute approximate surface area is 255 Å². The first kappa shape index (κ1) is 33.0. The summed E-state index contributed by atoms with van der Waals surface area (Å²) >= 11 is 12.5. The molecule has 1 N–H and O–H groups in total. The molecule has 42 heavy (non-hydrogen) atoms. The zero-order valence-corrected chi connectivity index (χ0v) is 25.9. The van der Waals surface area contributed by atoms with Gasteiger partial charge in [-0.05, 0) is 67.4 Å². The Bertz CT molecular complexity index is 1520. The van der Waals surface area contributed by atoms with Crippen molar-refractivity contribution < 1.29 is 31.9 Å². The largest absolute Gasteiger partial charge is 0.493 e. The second-order valence-corrected chi connectivity index (χ2v) is 11.8. The van der Waals surface area contributed by atoms with Gasteiger partial charge in [0.1, 0.15) is 18.4 Å². The fourth-order valence-corrected chi connectivity index (χ4v) is 6.18. The summed E-state index contributed by atoms with van der Waals surface area (Å²) in [5.74, 6) is -1.22. The summed E-state index contributed by atoms with van der Waals surface area (Å²) in [6, 6.07) is 12.5. The van der Waals surface area contributed by atoms with Crippen LogP contribution in [0.3, 0.4) is 0 Å². The van der Waals surface area contributed by atoms with Crippen LogP contribution in [0.25, 0.3) is 0 Å². The van der Waals surface area contributed by atoms with Crippen LogP contribution in [0.5, 0.6) is 11.5 Å². The SMILES string of the molecule is CCNC(=O)C(CC)N(Cc1ccc(Cl)cc1Cl)C(=O)CN(c1ccc(F)cc1)S(=O)(=O)c1ccc(OC)c(OC)c1. The normalized spacial score (nSPS) is 11.9. The Kier molecular flexibility index (Phi) is 11.4. The first-order chi connectivity index (χ1) is 20.0. The number of carbonyl (C=O) groups excluding carboxylic acids is 2. The minimum atomic E-state index is -4.42. The lowest BCUT2D eigenvalue weighted by molar-refractivity contribution is -0.140. The first-order valence-corrected chi connectivity index (χ1v) is 15.2. The number of nitrogens with zero attached hydrogens (tertiary/aromatic N) is 2. The Hall–Kier alpha value is -3.54. The van der Waals surface area contributed by atoms with Crippen molar-refractivity contribution in [1.29, 1.82) is 0 Å². The van der Waals surface area contributed by atoms with Crippen molar-refractivity contribution in [2.45, 2.75) is 37.8 Å². The quantitative estimate of drug-likeness (QED) is 0.273. The molecule has 0 aromatic heterocycles. The highest BCUT2D eigenvalue weighted by Gasteiger charge is 2.34. The van der Waals surface area contributed by atoms with E-state index in [1.807, 2.05) is 0 Å². The van der Waals surface area contributed by atoms with Crippen LogP contribution >= 0.6 is 23.2 Å². The molecule has 1 atom stereocenters. The van der Waals surface area contributed by atoms with E-state index in [9.17, 15) is 22.4 Å². The van der Waals surface area contributed by atoms with Crippen LogP contribution in [0.1, 0.15) is 25.8 Å². The van der Waals surface area contributed by atoms with Gasteiger partial charge in [-0.3, -0.25) is 13.9 Å². The number of anilines is 1. The van der Waals surface area contributed by atoms with Gasteiger partial charge in [0.05, 0.1) is 24.8 Å². The molecule has 13 heteroatoms. The third-order valence-electron chi connectivity index (χ3n) is 6.43. The lowest BCUT2D eigenvalue weighted by Gasteiger charge is -2.33. The zero-order valence-electron chi connectivity index (χ0n) is 23.6. The number of nitrogens with one attached hydrogen (secondary N) is 1. The third-order valence-corrected chi connectivity index (χ3v) is 8.79. The number of sulfonamides is 1. The number of amides is 2. The van der Waals surface area contributed by atoms with Gasteiger partial charge in [0, 0.05) is 29.2 Å². The average molecular weight is 641 g/mol. The molecule has 226 valence electrons. The minimum Gasteiger partial charge on any atom is -0.493 e. The van der Waals surface area contributed by atoms with Gasteiger partial charge in [0.15, 0.2) is 11.5 Å². The van der Waals surface area contributed by atoms with Crippen LogP contribution in [0.2, 0.25) is 10.0 Å². The predicted molar refractivity (Wildman–Crippen MR) is 160 cm³/mol. The van der Waals surface area contributed by atoms with Crippen molar-refractivity contribution in [2.24, 2.45) is 0 Å². The number of hydrogen-bond donors (Lipinski definition) is 1. The smallest absolute Gasteiger partial charge is 0.264 e. The summed E-state index contributed by atoms with van der Waals surface area (Å²) in [7, 11) is -1.64. The molecular formula is C29H32Cl2FN3O6S. The van der Waals surface area contributed by atoms with E-state index >= 15 is 0 Å². The van der Waals surface area contributed by atoms with Gasteiger partial charge < -0.3 is 19.7 Å². The zero-order chi connectivity index (χ0) is 31.0. The van der Waals surface area contributed by atoms with E-state index in [1.54, 1.807) is 26.0 Å². The van der Waals surface area contributed by atoms with E-state index in [-0.39, 0.29) is 34.3 Å². The van der Waals surface area contributed by atoms with Gasteiger partial charge >= 0.3 is 0 Å². The molecule has 0 heterocycles. The number of methoxy groups -OCH3 is 2. The fourth-order valence-electron chi connectivity index (χ4n) is 4.29. The fraction of sp³-hybridized carbons (Fsp3) is 0.310. The topological polar surface area (TPSA) is 105 Å². The molecule has 0 spiro atoms. The Morgan fingerprint density at radius 1 is 0.952 bits per heavy atom. The van der Waals surface area contributed by atoms with Crippen LogP contribution in [-0.2, 0) is 26.2 Å². The van der Waals surface area contributed by atoms with E-state index in [0.29, 0.717) is 22.9 Å². The lowest BCUT2D eigenvalue weighted by Crippen LogP contribution is -2.52. The summed E-state index contributed by atoms with van der Waals surface area (Å²) in [4.78, 5) is 28.2. The molecule has 1 unspecified atom stereocenters. The minimum absolute atomic E-state index is 0.0371. The summed E-state index contributed by atoms with van der Waals surface area (Å²) < 4.78 is 53.2. The third kappa shape index (κ3) is 7.64. The molecule has 0 fully saturated rings. The molecule has 0 aliphatic rings. The van der Waals surface area contributed by atoms with Gasteiger partial charge in [-0.25, -0.2) is 12.8 Å². The lowest BCUT2D eigenvalue weighted by atomic mass is 10.1. The summed E-state index contributed by atoms with van der Waals surface area (Å²) in [5.41, 5.74) is 0.545. The maximum atomic E-state index is 14.0.